The highest BCUT2D eigenvalue weighted by Gasteiger charge is 2.04. The van der Waals surface area contributed by atoms with Gasteiger partial charge in [0.25, 0.3) is 0 Å². The van der Waals surface area contributed by atoms with Crippen LogP contribution in [0.3, 0.4) is 0 Å². The van der Waals surface area contributed by atoms with Crippen LogP contribution in [0.5, 0.6) is 23.0 Å². The molecule has 138 valence electrons. The van der Waals surface area contributed by atoms with Crippen LogP contribution in [0.25, 0.3) is 0 Å². The van der Waals surface area contributed by atoms with Crippen molar-refractivity contribution in [3.05, 3.63) is 47.5 Å². The summed E-state index contributed by atoms with van der Waals surface area (Å²) in [5, 5.41) is 19.4. The highest BCUT2D eigenvalue weighted by molar-refractivity contribution is 5.76. The van der Waals surface area contributed by atoms with E-state index < -0.39 is 0 Å². The van der Waals surface area contributed by atoms with Gasteiger partial charge in [0.15, 0.2) is 23.0 Å². The fraction of sp³-hybridized carbons (Fsp3) is 0.300. The lowest BCUT2D eigenvalue weighted by Gasteiger charge is -2.09. The monoisotopic (exact) mass is 358 g/mol. The van der Waals surface area contributed by atoms with Crippen molar-refractivity contribution in [2.45, 2.75) is 25.7 Å². The molecule has 0 amide bonds. The molecule has 0 atom stereocenters. The van der Waals surface area contributed by atoms with Crippen LogP contribution >= 0.6 is 0 Å². The van der Waals surface area contributed by atoms with Gasteiger partial charge in [-0.05, 0) is 62.1 Å². The molecule has 0 heterocycles. The Morgan fingerprint density at radius 2 is 1.12 bits per heavy atom. The van der Waals surface area contributed by atoms with Crippen LogP contribution in [0.2, 0.25) is 0 Å². The van der Waals surface area contributed by atoms with E-state index in [1.165, 1.54) is 12.1 Å². The lowest BCUT2D eigenvalue weighted by Crippen LogP contribution is -2.00. The maximum Gasteiger partial charge on any atom is 0.160 e. The lowest BCUT2D eigenvalue weighted by atomic mass is 10.2. The van der Waals surface area contributed by atoms with Crippen LogP contribution in [0.1, 0.15) is 46.4 Å². The molecule has 0 aromatic heterocycles. The Kier molecular flexibility index (Phi) is 7.49. The number of phenols is 2. The molecule has 2 aromatic carbocycles. The lowest BCUT2D eigenvalue weighted by molar-refractivity contribution is 0.111. The van der Waals surface area contributed by atoms with Crippen molar-refractivity contribution in [1.29, 1.82) is 0 Å². The maximum atomic E-state index is 10.6. The van der Waals surface area contributed by atoms with E-state index in [2.05, 4.69) is 0 Å². The van der Waals surface area contributed by atoms with Gasteiger partial charge in [-0.25, -0.2) is 0 Å². The van der Waals surface area contributed by atoms with Gasteiger partial charge in [-0.15, -0.1) is 0 Å². The van der Waals surface area contributed by atoms with Crippen LogP contribution in [0.4, 0.5) is 0 Å². The molecule has 0 radical (unpaired) electrons. The number of aromatic hydroxyl groups is 2. The number of phenolic OH excluding ortho intramolecular Hbond substituents is 2. The number of carbonyl (C=O) groups is 2. The van der Waals surface area contributed by atoms with Crippen molar-refractivity contribution in [2.75, 3.05) is 13.2 Å². The van der Waals surface area contributed by atoms with Crippen molar-refractivity contribution >= 4 is 12.6 Å². The van der Waals surface area contributed by atoms with E-state index in [4.69, 9.17) is 9.47 Å². The van der Waals surface area contributed by atoms with E-state index in [0.29, 0.717) is 48.4 Å². The van der Waals surface area contributed by atoms with Gasteiger partial charge in [-0.2, -0.15) is 0 Å². The zero-order valence-corrected chi connectivity index (χ0v) is 14.4. The SMILES string of the molecule is O=Cc1ccc(OCCCCCCOc2ccc(C=O)cc2O)c(O)c1. The van der Waals surface area contributed by atoms with Crippen LogP contribution in [-0.2, 0) is 0 Å². The second-order valence-corrected chi connectivity index (χ2v) is 5.80. The maximum absolute atomic E-state index is 10.6. The number of aldehydes is 2. The minimum absolute atomic E-state index is 0.0385. The first-order valence-corrected chi connectivity index (χ1v) is 8.46. The van der Waals surface area contributed by atoms with Crippen molar-refractivity contribution in [1.82, 2.24) is 0 Å². The largest absolute Gasteiger partial charge is 0.504 e. The number of benzene rings is 2. The summed E-state index contributed by atoms with van der Waals surface area (Å²) in [5.74, 6) is 0.660. The normalized spacial score (nSPS) is 10.3. The summed E-state index contributed by atoms with van der Waals surface area (Å²) in [6, 6.07) is 9.09. The quantitative estimate of drug-likeness (QED) is 0.469. The van der Waals surface area contributed by atoms with Gasteiger partial charge in [0, 0.05) is 11.1 Å². The predicted octanol–water partition coefficient (Wildman–Crippen LogP) is 3.74. The second kappa shape index (κ2) is 10.1. The van der Waals surface area contributed by atoms with Gasteiger partial charge in [0.1, 0.15) is 12.6 Å². The third-order valence-electron chi connectivity index (χ3n) is 3.79. The highest BCUT2D eigenvalue weighted by Crippen LogP contribution is 2.27. The van der Waals surface area contributed by atoms with Gasteiger partial charge in [0.2, 0.25) is 0 Å². The summed E-state index contributed by atoms with van der Waals surface area (Å²) in [6.07, 6.45) is 4.87. The summed E-state index contributed by atoms with van der Waals surface area (Å²) in [5.41, 5.74) is 0.809. The number of carbonyl (C=O) groups excluding carboxylic acids is 2. The Morgan fingerprint density at radius 3 is 1.46 bits per heavy atom. The van der Waals surface area contributed by atoms with E-state index in [1.54, 1.807) is 24.3 Å². The van der Waals surface area contributed by atoms with Crippen LogP contribution < -0.4 is 9.47 Å². The molecule has 0 aliphatic rings. The standard InChI is InChI=1S/C20H22O6/c21-13-15-5-7-19(17(23)11-15)25-9-3-1-2-4-10-26-20-8-6-16(14-22)12-18(20)24/h5-8,11-14,23-24H,1-4,9-10H2. The molecule has 0 unspecified atom stereocenters. The third kappa shape index (κ3) is 5.81. The van der Waals surface area contributed by atoms with Gasteiger partial charge in [-0.3, -0.25) is 9.59 Å². The molecule has 0 saturated heterocycles. The summed E-state index contributed by atoms with van der Waals surface area (Å²) < 4.78 is 11.0. The molecule has 0 spiro atoms. The highest BCUT2D eigenvalue weighted by atomic mass is 16.5. The molecule has 0 aliphatic carbocycles. The Bertz CT molecular complexity index is 678. The topological polar surface area (TPSA) is 93.1 Å². The van der Waals surface area contributed by atoms with Crippen LogP contribution in [0, 0.1) is 0 Å². The molecule has 0 bridgehead atoms. The number of hydrogen-bond donors (Lipinski definition) is 2. The van der Waals surface area contributed by atoms with E-state index >= 15 is 0 Å². The summed E-state index contributed by atoms with van der Waals surface area (Å²) in [6.45, 7) is 0.950. The van der Waals surface area contributed by atoms with E-state index in [0.717, 1.165) is 25.7 Å². The molecule has 0 saturated carbocycles. The number of rotatable bonds is 11. The molecule has 0 fully saturated rings. The molecule has 2 rings (SSSR count). The van der Waals surface area contributed by atoms with E-state index in [1.807, 2.05) is 0 Å². The molecule has 0 aliphatic heterocycles. The zero-order valence-electron chi connectivity index (χ0n) is 14.4. The molecule has 6 nitrogen and oxygen atoms in total. The molecular weight excluding hydrogens is 336 g/mol. The molecule has 2 aromatic rings. The Morgan fingerprint density at radius 1 is 0.692 bits per heavy atom. The van der Waals surface area contributed by atoms with Crippen molar-refractivity contribution in [2.24, 2.45) is 0 Å². The van der Waals surface area contributed by atoms with Crippen molar-refractivity contribution in [3.8, 4) is 23.0 Å². The predicted molar refractivity (Wildman–Crippen MR) is 96.4 cm³/mol. The van der Waals surface area contributed by atoms with Gasteiger partial charge in [-0.1, -0.05) is 0 Å². The van der Waals surface area contributed by atoms with Crippen LogP contribution in [-0.4, -0.2) is 36.0 Å². The van der Waals surface area contributed by atoms with Crippen molar-refractivity contribution in [3.63, 3.8) is 0 Å². The van der Waals surface area contributed by atoms with E-state index in [-0.39, 0.29) is 11.5 Å². The summed E-state index contributed by atoms with van der Waals surface area (Å²) >= 11 is 0. The van der Waals surface area contributed by atoms with Crippen molar-refractivity contribution < 1.29 is 29.3 Å². The molecule has 6 heteroatoms. The van der Waals surface area contributed by atoms with Gasteiger partial charge in [0.05, 0.1) is 13.2 Å². The Labute approximate surface area is 152 Å². The summed E-state index contributed by atoms with van der Waals surface area (Å²) in [7, 11) is 0. The van der Waals surface area contributed by atoms with E-state index in [9.17, 15) is 19.8 Å². The minimum Gasteiger partial charge on any atom is -0.504 e. The van der Waals surface area contributed by atoms with Crippen LogP contribution in [0.15, 0.2) is 36.4 Å². The fourth-order valence-corrected chi connectivity index (χ4v) is 2.38. The first-order valence-electron chi connectivity index (χ1n) is 8.46. The Balaban J connectivity index is 1.58. The average Bonchev–Trinajstić information content (AvgIpc) is 2.65. The third-order valence-corrected chi connectivity index (χ3v) is 3.79. The first kappa shape index (κ1) is 19.3. The second-order valence-electron chi connectivity index (χ2n) is 5.80. The van der Waals surface area contributed by atoms with Gasteiger partial charge < -0.3 is 19.7 Å². The first-order chi connectivity index (χ1) is 12.6. The average molecular weight is 358 g/mol. The fourth-order valence-electron chi connectivity index (χ4n) is 2.38. The summed E-state index contributed by atoms with van der Waals surface area (Å²) in [4.78, 5) is 21.2. The Hall–Kier alpha value is -3.02. The minimum atomic E-state index is -0.0385. The molecule has 2 N–H and O–H groups in total. The number of hydrogen-bond acceptors (Lipinski definition) is 6. The van der Waals surface area contributed by atoms with Gasteiger partial charge >= 0.3 is 0 Å². The zero-order chi connectivity index (χ0) is 18.8. The smallest absolute Gasteiger partial charge is 0.160 e. The number of unbranched alkanes of at least 4 members (excludes halogenated alkanes) is 3. The number of ether oxygens (including phenoxy) is 2. The molecule has 26 heavy (non-hydrogen) atoms. The molecular formula is C20H22O6.